The van der Waals surface area contributed by atoms with Crippen molar-refractivity contribution in [1.29, 1.82) is 0 Å². The zero-order valence-electron chi connectivity index (χ0n) is 18.5. The molecule has 0 radical (unpaired) electrons. The summed E-state index contributed by atoms with van der Waals surface area (Å²) in [6.07, 6.45) is 0.0382. The van der Waals surface area contributed by atoms with Crippen molar-refractivity contribution in [2.45, 2.75) is 38.8 Å². The van der Waals surface area contributed by atoms with Crippen LogP contribution in [0.4, 0.5) is 5.69 Å². The number of aliphatic carboxylic acids is 1. The molecule has 0 aliphatic rings. The molecule has 2 atom stereocenters. The van der Waals surface area contributed by atoms with E-state index in [1.807, 2.05) is 0 Å². The maximum atomic E-state index is 13.4. The number of rotatable bonds is 11. The van der Waals surface area contributed by atoms with Crippen LogP contribution in [0.2, 0.25) is 0 Å². The lowest BCUT2D eigenvalue weighted by molar-refractivity contribution is -0.138. The second kappa shape index (κ2) is 12.1. The van der Waals surface area contributed by atoms with Crippen molar-refractivity contribution in [3.8, 4) is 0 Å². The first kappa shape index (κ1) is 25.3. The third-order valence-corrected chi connectivity index (χ3v) is 4.93. The number of aryl methyl sites for hydroxylation is 1. The normalized spacial score (nSPS) is 12.2. The van der Waals surface area contributed by atoms with E-state index >= 15 is 0 Å². The summed E-state index contributed by atoms with van der Waals surface area (Å²) >= 11 is 0. The monoisotopic (exact) mass is 453 g/mol. The molecule has 0 aliphatic heterocycles. The lowest BCUT2D eigenvalue weighted by Crippen LogP contribution is -2.52. The van der Waals surface area contributed by atoms with Gasteiger partial charge in [0.05, 0.1) is 12.5 Å². The molecular formula is C24H27N3O6. The fourth-order valence-electron chi connectivity index (χ4n) is 3.22. The summed E-state index contributed by atoms with van der Waals surface area (Å²) in [7, 11) is 0. The number of benzene rings is 2. The Hall–Kier alpha value is -4.01. The minimum absolute atomic E-state index is 0.275. The maximum absolute atomic E-state index is 13.4. The minimum Gasteiger partial charge on any atom is -0.481 e. The fourth-order valence-corrected chi connectivity index (χ4v) is 3.22. The number of carboxylic acid groups (broad SMARTS) is 1. The molecule has 0 aliphatic carbocycles. The molecule has 174 valence electrons. The van der Waals surface area contributed by atoms with Gasteiger partial charge in [0.25, 0.3) is 5.91 Å². The van der Waals surface area contributed by atoms with Crippen LogP contribution in [0.15, 0.2) is 54.6 Å². The van der Waals surface area contributed by atoms with E-state index in [2.05, 4.69) is 10.6 Å². The van der Waals surface area contributed by atoms with Crippen LogP contribution >= 0.6 is 0 Å². The van der Waals surface area contributed by atoms with E-state index in [0.29, 0.717) is 17.5 Å². The van der Waals surface area contributed by atoms with Crippen LogP contribution in [-0.4, -0.2) is 53.7 Å². The van der Waals surface area contributed by atoms with Gasteiger partial charge in [0.2, 0.25) is 11.8 Å². The Bertz CT molecular complexity index is 1010. The molecule has 0 spiro atoms. The molecule has 0 saturated heterocycles. The molecule has 2 aromatic rings. The molecule has 0 aromatic heterocycles. The summed E-state index contributed by atoms with van der Waals surface area (Å²) in [6, 6.07) is 13.3. The molecular weight excluding hydrogens is 426 g/mol. The van der Waals surface area contributed by atoms with Crippen LogP contribution in [0.3, 0.4) is 0 Å². The Morgan fingerprint density at radius 2 is 1.64 bits per heavy atom. The van der Waals surface area contributed by atoms with Crippen molar-refractivity contribution in [3.63, 3.8) is 0 Å². The first-order valence-corrected chi connectivity index (χ1v) is 10.5. The second-order valence-electron chi connectivity index (χ2n) is 7.42. The molecule has 9 heteroatoms. The van der Waals surface area contributed by atoms with Gasteiger partial charge in [0, 0.05) is 11.3 Å². The fraction of sp³-hybridized carbons (Fsp3) is 0.292. The van der Waals surface area contributed by atoms with Gasteiger partial charge in [-0.2, -0.15) is 0 Å². The highest BCUT2D eigenvalue weighted by Crippen LogP contribution is 2.21. The second-order valence-corrected chi connectivity index (χ2v) is 7.42. The highest BCUT2D eigenvalue weighted by atomic mass is 16.4. The molecule has 2 unspecified atom stereocenters. The first-order chi connectivity index (χ1) is 15.8. The van der Waals surface area contributed by atoms with E-state index in [4.69, 9.17) is 5.11 Å². The van der Waals surface area contributed by atoms with Gasteiger partial charge >= 0.3 is 5.97 Å². The molecule has 0 bridgehead atoms. The molecule has 2 rings (SSSR count). The number of nitrogens with one attached hydrogen (secondary N) is 2. The summed E-state index contributed by atoms with van der Waals surface area (Å²) < 4.78 is 0. The third-order valence-electron chi connectivity index (χ3n) is 4.93. The summed E-state index contributed by atoms with van der Waals surface area (Å²) in [4.78, 5) is 61.9. The van der Waals surface area contributed by atoms with Gasteiger partial charge in [-0.3, -0.25) is 19.2 Å². The number of nitrogens with zero attached hydrogens (tertiary/aromatic N) is 1. The van der Waals surface area contributed by atoms with Gasteiger partial charge in [-0.25, -0.2) is 0 Å². The van der Waals surface area contributed by atoms with Crippen molar-refractivity contribution in [2.75, 3.05) is 11.4 Å². The smallest absolute Gasteiger partial charge is 0.305 e. The van der Waals surface area contributed by atoms with Gasteiger partial charge in [-0.05, 0) is 37.1 Å². The van der Waals surface area contributed by atoms with Crippen LogP contribution in [-0.2, 0) is 19.2 Å². The Morgan fingerprint density at radius 3 is 2.21 bits per heavy atom. The van der Waals surface area contributed by atoms with Crippen molar-refractivity contribution in [2.24, 2.45) is 0 Å². The van der Waals surface area contributed by atoms with Crippen LogP contribution in [0.25, 0.3) is 0 Å². The minimum atomic E-state index is -1.24. The van der Waals surface area contributed by atoms with Crippen molar-refractivity contribution in [1.82, 2.24) is 10.6 Å². The van der Waals surface area contributed by atoms with E-state index in [0.717, 1.165) is 5.56 Å². The number of anilines is 1. The topological polar surface area (TPSA) is 133 Å². The highest BCUT2D eigenvalue weighted by Gasteiger charge is 2.29. The Balaban J connectivity index is 2.26. The lowest BCUT2D eigenvalue weighted by atomic mass is 10.1. The van der Waals surface area contributed by atoms with Gasteiger partial charge in [0.1, 0.15) is 18.9 Å². The standard InChI is InChI=1S/C24H27N3O6/c1-3-19(26-23(32)17-10-5-4-6-11-17)24(33)27(20-12-8-7-9-16(20)2)14-21(29)25-18(15-28)13-22(30)31/h4-12,15,18-19H,3,13-14H2,1-2H3,(H,25,29)(H,26,32)(H,30,31). The van der Waals surface area contributed by atoms with E-state index in [9.17, 15) is 24.0 Å². The molecule has 2 aromatic carbocycles. The summed E-state index contributed by atoms with van der Waals surface area (Å²) in [6.45, 7) is 3.06. The van der Waals surface area contributed by atoms with Crippen LogP contribution in [0, 0.1) is 6.92 Å². The van der Waals surface area contributed by atoms with E-state index in [-0.39, 0.29) is 6.42 Å². The van der Waals surface area contributed by atoms with E-state index in [1.54, 1.807) is 68.4 Å². The summed E-state index contributed by atoms with van der Waals surface area (Å²) in [5.41, 5.74) is 1.58. The molecule has 3 N–H and O–H groups in total. The van der Waals surface area contributed by atoms with Crippen molar-refractivity contribution in [3.05, 3.63) is 65.7 Å². The summed E-state index contributed by atoms with van der Waals surface area (Å²) in [5, 5.41) is 13.9. The van der Waals surface area contributed by atoms with Crippen molar-refractivity contribution >= 4 is 35.7 Å². The van der Waals surface area contributed by atoms with Gasteiger partial charge in [-0.1, -0.05) is 43.3 Å². The third kappa shape index (κ3) is 7.27. The lowest BCUT2D eigenvalue weighted by Gasteiger charge is -2.28. The highest BCUT2D eigenvalue weighted by molar-refractivity contribution is 6.05. The van der Waals surface area contributed by atoms with Gasteiger partial charge in [-0.15, -0.1) is 0 Å². The van der Waals surface area contributed by atoms with Crippen LogP contribution in [0.1, 0.15) is 35.7 Å². The van der Waals surface area contributed by atoms with E-state index in [1.165, 1.54) is 4.90 Å². The number of amides is 3. The van der Waals surface area contributed by atoms with Crippen LogP contribution < -0.4 is 15.5 Å². The molecule has 0 heterocycles. The number of carbonyl (C=O) groups excluding carboxylic acids is 4. The first-order valence-electron chi connectivity index (χ1n) is 10.5. The average molecular weight is 453 g/mol. The molecule has 0 fully saturated rings. The number of hydrogen-bond acceptors (Lipinski definition) is 5. The zero-order valence-corrected chi connectivity index (χ0v) is 18.5. The Kier molecular flexibility index (Phi) is 9.29. The van der Waals surface area contributed by atoms with Gasteiger partial charge in [0.15, 0.2) is 0 Å². The SMILES string of the molecule is CCC(NC(=O)c1ccccc1)C(=O)N(CC(=O)NC(C=O)CC(=O)O)c1ccccc1C. The number of para-hydroxylation sites is 1. The molecule has 33 heavy (non-hydrogen) atoms. The maximum Gasteiger partial charge on any atom is 0.305 e. The molecule has 0 saturated carbocycles. The quantitative estimate of drug-likeness (QED) is 0.444. The van der Waals surface area contributed by atoms with Crippen LogP contribution in [0.5, 0.6) is 0 Å². The van der Waals surface area contributed by atoms with Gasteiger partial charge < -0.3 is 25.4 Å². The Morgan fingerprint density at radius 1 is 1.00 bits per heavy atom. The predicted octanol–water partition coefficient (Wildman–Crippen LogP) is 1.70. The average Bonchev–Trinajstić information content (AvgIpc) is 2.80. The van der Waals surface area contributed by atoms with E-state index < -0.39 is 48.7 Å². The number of hydrogen-bond donors (Lipinski definition) is 3. The Labute approximate surface area is 191 Å². The van der Waals surface area contributed by atoms with Crippen molar-refractivity contribution < 1.29 is 29.1 Å². The number of carbonyl (C=O) groups is 5. The number of aldehydes is 1. The number of carboxylic acids is 1. The predicted molar refractivity (Wildman–Crippen MR) is 122 cm³/mol. The molecule has 3 amide bonds. The zero-order chi connectivity index (χ0) is 24.4. The largest absolute Gasteiger partial charge is 0.481 e. The molecule has 9 nitrogen and oxygen atoms in total. The summed E-state index contributed by atoms with van der Waals surface area (Å²) in [5.74, 6) is -2.87.